The van der Waals surface area contributed by atoms with Crippen molar-refractivity contribution in [3.05, 3.63) is 36.2 Å². The van der Waals surface area contributed by atoms with Crippen LogP contribution >= 0.6 is 0 Å². The highest BCUT2D eigenvalue weighted by Crippen LogP contribution is 2.09. The second kappa shape index (κ2) is 4.64. The smallest absolute Gasteiger partial charge is 0.120 e. The molecule has 1 aromatic carbocycles. The van der Waals surface area contributed by atoms with E-state index < -0.39 is 0 Å². The molecule has 0 fully saturated rings. The van der Waals surface area contributed by atoms with E-state index in [0.717, 1.165) is 35.9 Å². The minimum Gasteiger partial charge on any atom is -0.303 e. The molecule has 3 nitrogen and oxygen atoms in total. The van der Waals surface area contributed by atoms with E-state index in [1.54, 1.807) is 6.20 Å². The summed E-state index contributed by atoms with van der Waals surface area (Å²) in [6.45, 7) is 0. The van der Waals surface area contributed by atoms with E-state index in [9.17, 15) is 4.79 Å². The van der Waals surface area contributed by atoms with Crippen LogP contribution in [0.1, 0.15) is 18.5 Å². The minimum atomic E-state index is 0.592. The van der Waals surface area contributed by atoms with Crippen molar-refractivity contribution in [2.24, 2.45) is 0 Å². The van der Waals surface area contributed by atoms with E-state index in [2.05, 4.69) is 9.97 Å². The number of aromatic nitrogens is 2. The summed E-state index contributed by atoms with van der Waals surface area (Å²) in [5.74, 6) is 0. The number of aryl methyl sites for hydroxylation is 1. The van der Waals surface area contributed by atoms with Crippen LogP contribution in [0.15, 0.2) is 30.5 Å². The summed E-state index contributed by atoms with van der Waals surface area (Å²) in [5.41, 5.74) is 2.79. The molecule has 0 N–H and O–H groups in total. The van der Waals surface area contributed by atoms with Gasteiger partial charge in [-0.1, -0.05) is 12.1 Å². The summed E-state index contributed by atoms with van der Waals surface area (Å²) in [6.07, 6.45) is 4.98. The van der Waals surface area contributed by atoms with Gasteiger partial charge in [-0.15, -0.1) is 0 Å². The highest BCUT2D eigenvalue weighted by Gasteiger charge is 1.98. The Labute approximate surface area is 88.2 Å². The molecule has 0 saturated carbocycles. The van der Waals surface area contributed by atoms with E-state index in [1.807, 2.05) is 24.3 Å². The fraction of sp³-hybridized carbons (Fsp3) is 0.250. The van der Waals surface area contributed by atoms with E-state index in [1.165, 1.54) is 0 Å². The van der Waals surface area contributed by atoms with Crippen LogP contribution in [0, 0.1) is 0 Å². The van der Waals surface area contributed by atoms with Gasteiger partial charge in [0.05, 0.1) is 16.7 Å². The quantitative estimate of drug-likeness (QED) is 0.561. The van der Waals surface area contributed by atoms with Crippen LogP contribution in [0.25, 0.3) is 11.0 Å². The molecule has 1 aromatic heterocycles. The van der Waals surface area contributed by atoms with Gasteiger partial charge in [-0.25, -0.2) is 4.98 Å². The van der Waals surface area contributed by atoms with Crippen molar-refractivity contribution in [2.75, 3.05) is 0 Å². The van der Waals surface area contributed by atoms with Gasteiger partial charge >= 0.3 is 0 Å². The molecule has 0 spiro atoms. The summed E-state index contributed by atoms with van der Waals surface area (Å²) in [5, 5.41) is 0. The highest BCUT2D eigenvalue weighted by molar-refractivity contribution is 5.73. The third-order valence-corrected chi connectivity index (χ3v) is 2.25. The van der Waals surface area contributed by atoms with E-state index in [4.69, 9.17) is 0 Å². The number of unbranched alkanes of at least 4 members (excludes halogenated alkanes) is 1. The molecule has 2 aromatic rings. The first-order valence-corrected chi connectivity index (χ1v) is 5.04. The van der Waals surface area contributed by atoms with Crippen LogP contribution in [-0.4, -0.2) is 16.3 Å². The Morgan fingerprint density at radius 1 is 1.20 bits per heavy atom. The predicted molar refractivity (Wildman–Crippen MR) is 58.5 cm³/mol. The average Bonchev–Trinajstić information content (AvgIpc) is 2.29. The maximum absolute atomic E-state index is 10.2. The number of aldehydes is 1. The zero-order valence-electron chi connectivity index (χ0n) is 8.39. The number of hydrogen-bond acceptors (Lipinski definition) is 3. The second-order valence-corrected chi connectivity index (χ2v) is 3.41. The van der Waals surface area contributed by atoms with Gasteiger partial charge in [0, 0.05) is 12.6 Å². The summed E-state index contributed by atoms with van der Waals surface area (Å²) in [6, 6.07) is 7.79. The topological polar surface area (TPSA) is 42.9 Å². The van der Waals surface area contributed by atoms with Crippen molar-refractivity contribution < 1.29 is 4.79 Å². The Hall–Kier alpha value is -1.77. The predicted octanol–water partition coefficient (Wildman–Crippen LogP) is 2.15. The van der Waals surface area contributed by atoms with Crippen molar-refractivity contribution >= 4 is 17.3 Å². The minimum absolute atomic E-state index is 0.592. The van der Waals surface area contributed by atoms with E-state index in [0.29, 0.717) is 6.42 Å². The number of rotatable bonds is 4. The summed E-state index contributed by atoms with van der Waals surface area (Å²) in [7, 11) is 0. The van der Waals surface area contributed by atoms with Crippen LogP contribution in [-0.2, 0) is 11.2 Å². The van der Waals surface area contributed by atoms with Crippen LogP contribution in [0.5, 0.6) is 0 Å². The van der Waals surface area contributed by atoms with Crippen molar-refractivity contribution in [3.63, 3.8) is 0 Å². The van der Waals surface area contributed by atoms with E-state index in [-0.39, 0.29) is 0 Å². The van der Waals surface area contributed by atoms with Crippen LogP contribution in [0.4, 0.5) is 0 Å². The van der Waals surface area contributed by atoms with Crippen molar-refractivity contribution in [1.82, 2.24) is 9.97 Å². The molecule has 2 rings (SSSR count). The standard InChI is InChI=1S/C12H12N2O/c15-8-4-3-5-10-9-13-11-6-1-2-7-12(11)14-10/h1-2,6-9H,3-5H2. The molecule has 0 atom stereocenters. The Morgan fingerprint density at radius 3 is 2.80 bits per heavy atom. The van der Waals surface area contributed by atoms with Gasteiger partial charge in [0.15, 0.2) is 0 Å². The highest BCUT2D eigenvalue weighted by atomic mass is 16.1. The fourth-order valence-corrected chi connectivity index (χ4v) is 1.48. The molecule has 0 amide bonds. The molecule has 0 aliphatic heterocycles. The van der Waals surface area contributed by atoms with E-state index >= 15 is 0 Å². The molecule has 0 aliphatic rings. The van der Waals surface area contributed by atoms with Gasteiger partial charge in [0.2, 0.25) is 0 Å². The third-order valence-electron chi connectivity index (χ3n) is 2.25. The molecular weight excluding hydrogens is 188 g/mol. The van der Waals surface area contributed by atoms with Gasteiger partial charge in [0.1, 0.15) is 6.29 Å². The number of fused-ring (bicyclic) bond motifs is 1. The maximum Gasteiger partial charge on any atom is 0.120 e. The molecule has 0 radical (unpaired) electrons. The molecule has 15 heavy (non-hydrogen) atoms. The van der Waals surface area contributed by atoms with Crippen LogP contribution in [0.3, 0.4) is 0 Å². The Bertz CT molecular complexity index is 468. The number of benzene rings is 1. The van der Waals surface area contributed by atoms with Crippen molar-refractivity contribution in [2.45, 2.75) is 19.3 Å². The lowest BCUT2D eigenvalue weighted by Gasteiger charge is -2.00. The molecule has 3 heteroatoms. The molecule has 0 saturated heterocycles. The first-order chi connectivity index (χ1) is 7.40. The Kier molecular flexibility index (Phi) is 3.02. The maximum atomic E-state index is 10.2. The summed E-state index contributed by atoms with van der Waals surface area (Å²) >= 11 is 0. The molecule has 76 valence electrons. The van der Waals surface area contributed by atoms with Gasteiger partial charge < -0.3 is 4.79 Å². The fourth-order valence-electron chi connectivity index (χ4n) is 1.48. The zero-order chi connectivity index (χ0) is 10.5. The SMILES string of the molecule is O=CCCCc1cnc2ccccc2n1. The number of carbonyl (C=O) groups is 1. The molecule has 0 bridgehead atoms. The average molecular weight is 200 g/mol. The molecule has 1 heterocycles. The van der Waals surface area contributed by atoms with Gasteiger partial charge in [-0.2, -0.15) is 0 Å². The monoisotopic (exact) mass is 200 g/mol. The van der Waals surface area contributed by atoms with Crippen molar-refractivity contribution in [3.8, 4) is 0 Å². The van der Waals surface area contributed by atoms with Crippen molar-refractivity contribution in [1.29, 1.82) is 0 Å². The summed E-state index contributed by atoms with van der Waals surface area (Å²) in [4.78, 5) is 18.9. The second-order valence-electron chi connectivity index (χ2n) is 3.41. The van der Waals surface area contributed by atoms with Gasteiger partial charge in [-0.05, 0) is 25.0 Å². The summed E-state index contributed by atoms with van der Waals surface area (Å²) < 4.78 is 0. The zero-order valence-corrected chi connectivity index (χ0v) is 8.39. The lowest BCUT2D eigenvalue weighted by atomic mass is 10.2. The lowest BCUT2D eigenvalue weighted by Crippen LogP contribution is -1.93. The third kappa shape index (κ3) is 2.37. The van der Waals surface area contributed by atoms with Gasteiger partial charge in [0.25, 0.3) is 0 Å². The first-order valence-electron chi connectivity index (χ1n) is 5.04. The largest absolute Gasteiger partial charge is 0.303 e. The van der Waals surface area contributed by atoms with Crippen LogP contribution < -0.4 is 0 Å². The number of hydrogen-bond donors (Lipinski definition) is 0. The molecule has 0 aliphatic carbocycles. The Balaban J connectivity index is 2.19. The molecule has 0 unspecified atom stereocenters. The first kappa shape index (κ1) is 9.77. The van der Waals surface area contributed by atoms with Gasteiger partial charge in [-0.3, -0.25) is 4.98 Å². The van der Waals surface area contributed by atoms with Crippen LogP contribution in [0.2, 0.25) is 0 Å². The lowest BCUT2D eigenvalue weighted by molar-refractivity contribution is -0.107. The molecular formula is C12H12N2O. The Morgan fingerprint density at radius 2 is 2.00 bits per heavy atom. The number of nitrogens with zero attached hydrogens (tertiary/aromatic N) is 2. The number of para-hydroxylation sites is 2. The normalized spacial score (nSPS) is 10.4. The number of carbonyl (C=O) groups excluding carboxylic acids is 1.